The fourth-order valence-electron chi connectivity index (χ4n) is 3.01. The van der Waals surface area contributed by atoms with Gasteiger partial charge in [-0.25, -0.2) is 0 Å². The van der Waals surface area contributed by atoms with Crippen molar-refractivity contribution in [2.75, 3.05) is 24.5 Å². The molecule has 18 heavy (non-hydrogen) atoms. The van der Waals surface area contributed by atoms with Crippen molar-refractivity contribution >= 4 is 5.69 Å². The number of alkyl halides is 3. The molecule has 2 aliphatic rings. The predicted octanol–water partition coefficient (Wildman–Crippen LogP) is 2.50. The van der Waals surface area contributed by atoms with Gasteiger partial charge in [0.1, 0.15) is 0 Å². The molecule has 2 aliphatic heterocycles. The van der Waals surface area contributed by atoms with Crippen LogP contribution in [0.15, 0.2) is 24.3 Å². The number of halogens is 3. The van der Waals surface area contributed by atoms with Gasteiger partial charge in [0.2, 0.25) is 0 Å². The summed E-state index contributed by atoms with van der Waals surface area (Å²) in [7, 11) is 0. The lowest BCUT2D eigenvalue weighted by Gasteiger charge is -2.26. The number of rotatable bonds is 1. The van der Waals surface area contributed by atoms with Crippen LogP contribution in [-0.4, -0.2) is 25.7 Å². The van der Waals surface area contributed by atoms with E-state index in [9.17, 15) is 13.2 Å². The molecule has 2 saturated heterocycles. The monoisotopic (exact) mass is 256 g/mol. The van der Waals surface area contributed by atoms with E-state index < -0.39 is 11.7 Å². The number of nitrogens with one attached hydrogen (secondary N) is 1. The van der Waals surface area contributed by atoms with Crippen LogP contribution in [-0.2, 0) is 6.18 Å². The second kappa shape index (κ2) is 4.16. The van der Waals surface area contributed by atoms with Gasteiger partial charge in [-0.15, -0.1) is 0 Å². The molecule has 0 aliphatic carbocycles. The summed E-state index contributed by atoms with van der Waals surface area (Å²) in [5.41, 5.74) is 0.325. The van der Waals surface area contributed by atoms with E-state index in [1.54, 1.807) is 12.1 Å². The summed E-state index contributed by atoms with van der Waals surface area (Å²) >= 11 is 0. The van der Waals surface area contributed by atoms with Crippen LogP contribution in [0, 0.1) is 5.92 Å². The van der Waals surface area contributed by atoms with E-state index in [1.165, 1.54) is 12.1 Å². The Balaban J connectivity index is 1.81. The zero-order valence-corrected chi connectivity index (χ0v) is 9.87. The van der Waals surface area contributed by atoms with Gasteiger partial charge >= 0.3 is 6.18 Å². The molecule has 1 N–H and O–H groups in total. The van der Waals surface area contributed by atoms with Crippen LogP contribution >= 0.6 is 0 Å². The highest BCUT2D eigenvalue weighted by Gasteiger charge is 2.38. The van der Waals surface area contributed by atoms with Crippen molar-refractivity contribution in [2.45, 2.75) is 18.6 Å². The fraction of sp³-hybridized carbons (Fsp3) is 0.538. The summed E-state index contributed by atoms with van der Waals surface area (Å²) in [5, 5.41) is 3.34. The maximum atomic E-state index is 12.5. The van der Waals surface area contributed by atoms with E-state index in [0.717, 1.165) is 31.7 Å². The molecule has 5 heteroatoms. The van der Waals surface area contributed by atoms with Crippen molar-refractivity contribution < 1.29 is 13.2 Å². The van der Waals surface area contributed by atoms with Gasteiger partial charge in [0.15, 0.2) is 0 Å². The van der Waals surface area contributed by atoms with Crippen molar-refractivity contribution in [3.8, 4) is 0 Å². The molecule has 0 bridgehead atoms. The summed E-state index contributed by atoms with van der Waals surface area (Å²) < 4.78 is 37.5. The Hall–Kier alpha value is -1.23. The summed E-state index contributed by atoms with van der Waals surface area (Å²) in [6, 6.07) is 5.96. The van der Waals surface area contributed by atoms with Gasteiger partial charge in [-0.3, -0.25) is 0 Å². The largest absolute Gasteiger partial charge is 0.416 e. The molecule has 2 heterocycles. The Morgan fingerprint density at radius 3 is 2.50 bits per heavy atom. The minimum Gasteiger partial charge on any atom is -0.367 e. The lowest BCUT2D eigenvalue weighted by molar-refractivity contribution is -0.137. The maximum absolute atomic E-state index is 12.5. The number of benzene rings is 1. The van der Waals surface area contributed by atoms with Crippen LogP contribution in [0.5, 0.6) is 0 Å². The molecule has 0 radical (unpaired) electrons. The van der Waals surface area contributed by atoms with Crippen LogP contribution in [0.1, 0.15) is 12.0 Å². The minimum atomic E-state index is -4.25. The summed E-state index contributed by atoms with van der Waals surface area (Å²) in [6.45, 7) is 2.91. The van der Waals surface area contributed by atoms with Crippen LogP contribution < -0.4 is 10.2 Å². The molecule has 0 spiro atoms. The smallest absolute Gasteiger partial charge is 0.367 e. The van der Waals surface area contributed by atoms with E-state index in [0.29, 0.717) is 12.0 Å². The lowest BCUT2D eigenvalue weighted by Crippen LogP contribution is -2.34. The molecule has 1 aromatic rings. The van der Waals surface area contributed by atoms with Crippen LogP contribution in [0.2, 0.25) is 0 Å². The number of hydrogen-bond donors (Lipinski definition) is 1. The normalized spacial score (nSPS) is 27.6. The highest BCUT2D eigenvalue weighted by molar-refractivity contribution is 5.50. The van der Waals surface area contributed by atoms with Gasteiger partial charge in [0.25, 0.3) is 0 Å². The molecule has 2 unspecified atom stereocenters. The molecule has 0 amide bonds. The Morgan fingerprint density at radius 2 is 1.83 bits per heavy atom. The Bertz CT molecular complexity index is 427. The van der Waals surface area contributed by atoms with Gasteiger partial charge in [-0.05, 0) is 36.6 Å². The number of nitrogens with zero attached hydrogens (tertiary/aromatic N) is 1. The third-order valence-corrected chi connectivity index (χ3v) is 3.97. The first kappa shape index (κ1) is 11.8. The lowest BCUT2D eigenvalue weighted by atomic mass is 10.0. The molecule has 3 rings (SSSR count). The van der Waals surface area contributed by atoms with Crippen molar-refractivity contribution in [1.29, 1.82) is 0 Å². The zero-order chi connectivity index (χ0) is 12.8. The molecular formula is C13H15F3N2. The van der Waals surface area contributed by atoms with E-state index >= 15 is 0 Å². The summed E-state index contributed by atoms with van der Waals surface area (Å²) in [6.07, 6.45) is -3.13. The number of hydrogen-bond acceptors (Lipinski definition) is 2. The van der Waals surface area contributed by atoms with Crippen LogP contribution in [0.3, 0.4) is 0 Å². The van der Waals surface area contributed by atoms with E-state index in [2.05, 4.69) is 10.2 Å². The van der Waals surface area contributed by atoms with Crippen LogP contribution in [0.4, 0.5) is 18.9 Å². The second-order valence-electron chi connectivity index (χ2n) is 5.01. The topological polar surface area (TPSA) is 15.3 Å². The van der Waals surface area contributed by atoms with E-state index in [4.69, 9.17) is 0 Å². The average molecular weight is 256 g/mol. The molecule has 2 fully saturated rings. The minimum absolute atomic E-state index is 0.446. The Kier molecular flexibility index (Phi) is 2.73. The van der Waals surface area contributed by atoms with Crippen molar-refractivity contribution in [1.82, 2.24) is 5.32 Å². The maximum Gasteiger partial charge on any atom is 0.416 e. The van der Waals surface area contributed by atoms with Gasteiger partial charge in [-0.2, -0.15) is 13.2 Å². The fourth-order valence-corrected chi connectivity index (χ4v) is 3.01. The van der Waals surface area contributed by atoms with Gasteiger partial charge in [0.05, 0.1) is 5.56 Å². The highest BCUT2D eigenvalue weighted by Crippen LogP contribution is 2.34. The quantitative estimate of drug-likeness (QED) is 0.830. The number of anilines is 1. The molecule has 0 aromatic heterocycles. The molecule has 2 nitrogen and oxygen atoms in total. The summed E-state index contributed by atoms with van der Waals surface area (Å²) in [5.74, 6) is 0.646. The van der Waals surface area contributed by atoms with Crippen molar-refractivity contribution in [2.24, 2.45) is 5.92 Å². The first-order chi connectivity index (χ1) is 8.55. The van der Waals surface area contributed by atoms with Crippen molar-refractivity contribution in [3.63, 3.8) is 0 Å². The average Bonchev–Trinajstić information content (AvgIpc) is 2.89. The van der Waals surface area contributed by atoms with Crippen molar-refractivity contribution in [3.05, 3.63) is 29.8 Å². The Labute approximate surface area is 104 Å². The van der Waals surface area contributed by atoms with Gasteiger partial charge < -0.3 is 10.2 Å². The van der Waals surface area contributed by atoms with Crippen LogP contribution in [0.25, 0.3) is 0 Å². The van der Waals surface area contributed by atoms with Gasteiger partial charge in [0, 0.05) is 31.4 Å². The zero-order valence-electron chi connectivity index (χ0n) is 9.87. The third kappa shape index (κ3) is 1.96. The molecule has 98 valence electrons. The molecule has 1 aromatic carbocycles. The number of fused-ring (bicyclic) bond motifs is 1. The molecular weight excluding hydrogens is 241 g/mol. The van der Waals surface area contributed by atoms with E-state index in [-0.39, 0.29) is 0 Å². The first-order valence-electron chi connectivity index (χ1n) is 6.20. The predicted molar refractivity (Wildman–Crippen MR) is 63.6 cm³/mol. The Morgan fingerprint density at radius 1 is 1.11 bits per heavy atom. The SMILES string of the molecule is FC(F)(F)c1ccc(N2CCC3CNCC32)cc1. The summed E-state index contributed by atoms with van der Waals surface area (Å²) in [4.78, 5) is 2.23. The second-order valence-corrected chi connectivity index (χ2v) is 5.01. The van der Waals surface area contributed by atoms with E-state index in [1.807, 2.05) is 0 Å². The highest BCUT2D eigenvalue weighted by atomic mass is 19.4. The molecule has 2 atom stereocenters. The molecule has 0 saturated carbocycles. The third-order valence-electron chi connectivity index (χ3n) is 3.97. The standard InChI is InChI=1S/C13H15F3N2/c14-13(15,16)10-1-3-11(4-2-10)18-6-5-9-7-17-8-12(9)18/h1-4,9,12,17H,5-8H2. The first-order valence-corrected chi connectivity index (χ1v) is 6.20. The van der Waals surface area contributed by atoms with Gasteiger partial charge in [-0.1, -0.05) is 0 Å².